The van der Waals surface area contributed by atoms with Crippen molar-refractivity contribution < 1.29 is 23.9 Å². The lowest BCUT2D eigenvalue weighted by molar-refractivity contribution is -0.146. The molecule has 0 aliphatic heterocycles. The van der Waals surface area contributed by atoms with Crippen LogP contribution in [0.4, 0.5) is 5.69 Å². The lowest BCUT2D eigenvalue weighted by atomic mass is 10.1. The van der Waals surface area contributed by atoms with E-state index in [0.717, 1.165) is 10.8 Å². The predicted octanol–water partition coefficient (Wildman–Crippen LogP) is 2.95. The van der Waals surface area contributed by atoms with E-state index in [9.17, 15) is 19.2 Å². The van der Waals surface area contributed by atoms with Gasteiger partial charge < -0.3 is 15.4 Å². The maximum Gasteiger partial charge on any atom is 0.325 e. The van der Waals surface area contributed by atoms with Gasteiger partial charge in [-0.2, -0.15) is 0 Å². The number of ether oxygens (including phenoxy) is 1. The molecule has 0 saturated carbocycles. The summed E-state index contributed by atoms with van der Waals surface area (Å²) in [6, 6.07) is 19.2. The van der Waals surface area contributed by atoms with Crippen LogP contribution in [-0.2, 0) is 14.3 Å². The Kier molecular flexibility index (Phi) is 6.54. The van der Waals surface area contributed by atoms with E-state index >= 15 is 0 Å². The van der Waals surface area contributed by atoms with Gasteiger partial charge in [0.15, 0.2) is 12.4 Å². The van der Waals surface area contributed by atoms with Crippen LogP contribution in [0.25, 0.3) is 10.8 Å². The van der Waals surface area contributed by atoms with Crippen molar-refractivity contribution in [2.24, 2.45) is 0 Å². The van der Waals surface area contributed by atoms with Crippen molar-refractivity contribution in [3.63, 3.8) is 0 Å². The van der Waals surface area contributed by atoms with Crippen molar-refractivity contribution >= 4 is 40.0 Å². The third kappa shape index (κ3) is 5.51. The predicted molar refractivity (Wildman–Crippen MR) is 112 cm³/mol. The Morgan fingerprint density at radius 2 is 1.50 bits per heavy atom. The van der Waals surface area contributed by atoms with Gasteiger partial charge >= 0.3 is 5.97 Å². The number of ketones is 1. The van der Waals surface area contributed by atoms with Crippen LogP contribution >= 0.6 is 0 Å². The first kappa shape index (κ1) is 20.7. The highest BCUT2D eigenvalue weighted by molar-refractivity contribution is 6.00. The van der Waals surface area contributed by atoms with Crippen molar-refractivity contribution in [2.75, 3.05) is 18.5 Å². The number of nitrogens with one attached hydrogen (secondary N) is 2. The molecule has 0 aromatic heterocycles. The van der Waals surface area contributed by atoms with E-state index in [-0.39, 0.29) is 12.3 Å². The Morgan fingerprint density at radius 1 is 0.833 bits per heavy atom. The highest BCUT2D eigenvalue weighted by atomic mass is 16.5. The molecule has 0 unspecified atom stereocenters. The molecule has 0 aliphatic carbocycles. The van der Waals surface area contributed by atoms with Gasteiger partial charge in [0, 0.05) is 16.8 Å². The minimum atomic E-state index is -0.730. The molecule has 0 bridgehead atoms. The topological polar surface area (TPSA) is 102 Å². The Balaban J connectivity index is 1.44. The van der Waals surface area contributed by atoms with E-state index in [2.05, 4.69) is 10.6 Å². The fourth-order valence-corrected chi connectivity index (χ4v) is 2.77. The third-order valence-electron chi connectivity index (χ3n) is 4.34. The van der Waals surface area contributed by atoms with Crippen LogP contribution < -0.4 is 10.6 Å². The Hall–Kier alpha value is -4.00. The van der Waals surface area contributed by atoms with Crippen LogP contribution in [0.15, 0.2) is 66.7 Å². The number of carbonyl (C=O) groups is 4. The Labute approximate surface area is 173 Å². The van der Waals surface area contributed by atoms with E-state index in [0.29, 0.717) is 16.8 Å². The van der Waals surface area contributed by atoms with Crippen LogP contribution in [-0.4, -0.2) is 36.7 Å². The molecule has 2 amide bonds. The number of benzene rings is 3. The first-order valence-corrected chi connectivity index (χ1v) is 9.26. The highest BCUT2D eigenvalue weighted by Crippen LogP contribution is 2.15. The van der Waals surface area contributed by atoms with Gasteiger partial charge in [0.05, 0.1) is 0 Å². The van der Waals surface area contributed by atoms with Crippen LogP contribution in [0.1, 0.15) is 27.6 Å². The van der Waals surface area contributed by atoms with Crippen molar-refractivity contribution in [1.82, 2.24) is 5.32 Å². The van der Waals surface area contributed by atoms with Crippen LogP contribution in [0.5, 0.6) is 0 Å². The molecule has 0 heterocycles. The summed E-state index contributed by atoms with van der Waals surface area (Å²) >= 11 is 0. The molecule has 7 heteroatoms. The summed E-state index contributed by atoms with van der Waals surface area (Å²) in [7, 11) is 0. The maximum atomic E-state index is 12.2. The molecule has 0 radical (unpaired) electrons. The molecule has 7 nitrogen and oxygen atoms in total. The number of hydrogen-bond donors (Lipinski definition) is 2. The van der Waals surface area contributed by atoms with Gasteiger partial charge in [0.25, 0.3) is 11.8 Å². The zero-order valence-corrected chi connectivity index (χ0v) is 16.3. The van der Waals surface area contributed by atoms with Crippen LogP contribution in [0.2, 0.25) is 0 Å². The average molecular weight is 404 g/mol. The average Bonchev–Trinajstić information content (AvgIpc) is 2.76. The summed E-state index contributed by atoms with van der Waals surface area (Å²) < 4.78 is 4.87. The largest absolute Gasteiger partial charge is 0.454 e. The molecule has 0 aliphatic rings. The van der Waals surface area contributed by atoms with Gasteiger partial charge in [-0.05, 0) is 54.1 Å². The zero-order chi connectivity index (χ0) is 21.5. The standard InChI is InChI=1S/C23H20N2O5/c1-15(26)16-8-10-20(11-9-16)25-21(27)14-30-22(28)13-24-23(29)19-7-6-17-4-2-3-5-18(17)12-19/h2-12H,13-14H2,1H3,(H,24,29)(H,25,27). The summed E-state index contributed by atoms with van der Waals surface area (Å²) in [6.45, 7) is 0.608. The molecule has 3 aromatic rings. The number of carbonyl (C=O) groups excluding carboxylic acids is 4. The second-order valence-electron chi connectivity index (χ2n) is 6.59. The molecular formula is C23H20N2O5. The zero-order valence-electron chi connectivity index (χ0n) is 16.3. The first-order valence-electron chi connectivity index (χ1n) is 9.26. The lowest BCUT2D eigenvalue weighted by Gasteiger charge is -2.08. The fraction of sp³-hybridized carbons (Fsp3) is 0.130. The molecule has 0 spiro atoms. The molecule has 0 atom stereocenters. The monoisotopic (exact) mass is 404 g/mol. The van der Waals surface area contributed by atoms with Gasteiger partial charge in [-0.1, -0.05) is 30.3 Å². The minimum absolute atomic E-state index is 0.0763. The number of rotatable bonds is 7. The Bertz CT molecular complexity index is 1110. The van der Waals surface area contributed by atoms with E-state index in [1.807, 2.05) is 30.3 Å². The van der Waals surface area contributed by atoms with Gasteiger partial charge in [0.2, 0.25) is 0 Å². The summed E-state index contributed by atoms with van der Waals surface area (Å²) in [4.78, 5) is 47.2. The number of Topliss-reactive ketones (excluding diaryl/α,β-unsaturated/α-hetero) is 1. The highest BCUT2D eigenvalue weighted by Gasteiger charge is 2.11. The van der Waals surface area contributed by atoms with E-state index in [4.69, 9.17) is 4.74 Å². The van der Waals surface area contributed by atoms with Crippen molar-refractivity contribution in [1.29, 1.82) is 0 Å². The summed E-state index contributed by atoms with van der Waals surface area (Å²) in [6.07, 6.45) is 0. The molecule has 2 N–H and O–H groups in total. The summed E-state index contributed by atoms with van der Waals surface area (Å²) in [5, 5.41) is 6.96. The van der Waals surface area contributed by atoms with Gasteiger partial charge in [0.1, 0.15) is 6.54 Å². The van der Waals surface area contributed by atoms with E-state index in [1.54, 1.807) is 36.4 Å². The second kappa shape index (κ2) is 9.47. The quantitative estimate of drug-likeness (QED) is 0.466. The lowest BCUT2D eigenvalue weighted by Crippen LogP contribution is -2.32. The van der Waals surface area contributed by atoms with E-state index < -0.39 is 24.4 Å². The number of amides is 2. The van der Waals surface area contributed by atoms with Gasteiger partial charge in [-0.3, -0.25) is 19.2 Å². The molecule has 0 saturated heterocycles. The van der Waals surface area contributed by atoms with Gasteiger partial charge in [-0.15, -0.1) is 0 Å². The second-order valence-corrected chi connectivity index (χ2v) is 6.59. The molecule has 152 valence electrons. The van der Waals surface area contributed by atoms with Crippen molar-refractivity contribution in [3.05, 3.63) is 77.9 Å². The fourth-order valence-electron chi connectivity index (χ4n) is 2.77. The maximum absolute atomic E-state index is 12.2. The number of esters is 1. The molecule has 30 heavy (non-hydrogen) atoms. The van der Waals surface area contributed by atoms with Crippen molar-refractivity contribution in [3.8, 4) is 0 Å². The van der Waals surface area contributed by atoms with Gasteiger partial charge in [-0.25, -0.2) is 0 Å². The first-order chi connectivity index (χ1) is 14.4. The smallest absolute Gasteiger partial charge is 0.325 e. The van der Waals surface area contributed by atoms with Crippen LogP contribution in [0.3, 0.4) is 0 Å². The summed E-state index contributed by atoms with van der Waals surface area (Å²) in [5.74, 6) is -1.74. The number of anilines is 1. The number of fused-ring (bicyclic) bond motifs is 1. The van der Waals surface area contributed by atoms with E-state index in [1.165, 1.54) is 6.92 Å². The molecule has 3 aromatic carbocycles. The number of hydrogen-bond acceptors (Lipinski definition) is 5. The SMILES string of the molecule is CC(=O)c1ccc(NC(=O)COC(=O)CNC(=O)c2ccc3ccccc3c2)cc1. The van der Waals surface area contributed by atoms with Crippen molar-refractivity contribution in [2.45, 2.75) is 6.92 Å². The summed E-state index contributed by atoms with van der Waals surface area (Å²) in [5.41, 5.74) is 1.43. The van der Waals surface area contributed by atoms with Crippen LogP contribution in [0, 0.1) is 0 Å². The molecule has 0 fully saturated rings. The Morgan fingerprint density at radius 3 is 2.20 bits per heavy atom. The molecule has 3 rings (SSSR count). The molecular weight excluding hydrogens is 384 g/mol. The third-order valence-corrected chi connectivity index (χ3v) is 4.34. The normalized spacial score (nSPS) is 10.3. The minimum Gasteiger partial charge on any atom is -0.454 e.